The van der Waals surface area contributed by atoms with Crippen LogP contribution in [0.2, 0.25) is 0 Å². The predicted octanol–water partition coefficient (Wildman–Crippen LogP) is -0.588. The number of nitrogens with one attached hydrogen (secondary N) is 2. The molecule has 0 atom stereocenters. The molecule has 0 aliphatic carbocycles. The Labute approximate surface area is 94.0 Å². The zero-order valence-corrected chi connectivity index (χ0v) is 9.18. The molecule has 0 saturated carbocycles. The lowest BCUT2D eigenvalue weighted by Gasteiger charge is -1.80. The van der Waals surface area contributed by atoms with Crippen LogP contribution < -0.4 is 10.6 Å². The zero-order valence-electron chi connectivity index (χ0n) is 7.77. The van der Waals surface area contributed by atoms with E-state index in [0.29, 0.717) is 0 Å². The van der Waals surface area contributed by atoms with Gasteiger partial charge in [0, 0.05) is 49.0 Å². The highest BCUT2D eigenvalue weighted by molar-refractivity contribution is 5.77. The van der Waals surface area contributed by atoms with Crippen LogP contribution in [-0.2, 0) is 9.59 Å². The standard InChI is InChI=1S/2C4H7NO.Mg/c2*6-4-2-1-3-5-4;/h2*1-3H2,(H,5,6);. The van der Waals surface area contributed by atoms with Gasteiger partial charge < -0.3 is 10.6 Å². The molecule has 0 aromatic rings. The summed E-state index contributed by atoms with van der Waals surface area (Å²) in [5.41, 5.74) is 0. The third-order valence-corrected chi connectivity index (χ3v) is 1.81. The Morgan fingerprint density at radius 1 is 0.846 bits per heavy atom. The average Bonchev–Trinajstić information content (AvgIpc) is 2.63. The van der Waals surface area contributed by atoms with Crippen LogP contribution in [0.25, 0.3) is 0 Å². The molecule has 0 spiro atoms. The lowest BCUT2D eigenvalue weighted by atomic mass is 10.4. The van der Waals surface area contributed by atoms with Crippen molar-refractivity contribution in [3.63, 3.8) is 0 Å². The van der Waals surface area contributed by atoms with Crippen LogP contribution in [0.3, 0.4) is 0 Å². The number of hydrogen-bond donors (Lipinski definition) is 2. The van der Waals surface area contributed by atoms with Crippen molar-refractivity contribution >= 4 is 34.9 Å². The van der Waals surface area contributed by atoms with E-state index in [1.54, 1.807) is 0 Å². The van der Waals surface area contributed by atoms with E-state index in [1.165, 1.54) is 0 Å². The van der Waals surface area contributed by atoms with Crippen molar-refractivity contribution in [1.82, 2.24) is 10.6 Å². The summed E-state index contributed by atoms with van der Waals surface area (Å²) >= 11 is 0. The lowest BCUT2D eigenvalue weighted by molar-refractivity contribution is -0.119. The first kappa shape index (κ1) is 12.7. The Morgan fingerprint density at radius 2 is 1.23 bits per heavy atom. The summed E-state index contributed by atoms with van der Waals surface area (Å²) in [5.74, 6) is 0.407. The highest BCUT2D eigenvalue weighted by atomic mass is 24.3. The van der Waals surface area contributed by atoms with Gasteiger partial charge >= 0.3 is 0 Å². The van der Waals surface area contributed by atoms with Crippen LogP contribution in [0.4, 0.5) is 0 Å². The quantitative estimate of drug-likeness (QED) is 0.507. The Bertz CT molecular complexity index is 149. The second kappa shape index (κ2) is 7.14. The van der Waals surface area contributed by atoms with Crippen LogP contribution in [0, 0.1) is 0 Å². The number of rotatable bonds is 0. The monoisotopic (exact) mass is 194 g/mol. The van der Waals surface area contributed by atoms with Crippen LogP contribution in [0.1, 0.15) is 25.7 Å². The average molecular weight is 195 g/mol. The van der Waals surface area contributed by atoms with E-state index in [1.807, 2.05) is 0 Å². The summed E-state index contributed by atoms with van der Waals surface area (Å²) in [5, 5.41) is 5.36. The summed E-state index contributed by atoms with van der Waals surface area (Å²) in [6, 6.07) is 0. The van der Waals surface area contributed by atoms with Crippen LogP contribution in [0.15, 0.2) is 0 Å². The van der Waals surface area contributed by atoms with Crippen LogP contribution in [-0.4, -0.2) is 48.0 Å². The van der Waals surface area contributed by atoms with E-state index in [-0.39, 0.29) is 34.9 Å². The Balaban J connectivity index is 0.000000206. The largest absolute Gasteiger partial charge is 0.356 e. The Hall–Kier alpha value is -0.294. The molecule has 2 saturated heterocycles. The fourth-order valence-electron chi connectivity index (χ4n) is 1.13. The summed E-state index contributed by atoms with van der Waals surface area (Å²) < 4.78 is 0. The highest BCUT2D eigenvalue weighted by Gasteiger charge is 2.05. The van der Waals surface area contributed by atoms with Crippen LogP contribution in [0.5, 0.6) is 0 Å². The van der Waals surface area contributed by atoms with E-state index in [2.05, 4.69) is 10.6 Å². The summed E-state index contributed by atoms with van der Waals surface area (Å²) in [4.78, 5) is 20.3. The first-order valence-corrected chi connectivity index (χ1v) is 4.32. The van der Waals surface area contributed by atoms with E-state index < -0.39 is 0 Å². The van der Waals surface area contributed by atoms with E-state index in [0.717, 1.165) is 38.8 Å². The van der Waals surface area contributed by atoms with Gasteiger partial charge in [-0.05, 0) is 12.8 Å². The lowest BCUT2D eigenvalue weighted by Crippen LogP contribution is -2.12. The first-order valence-electron chi connectivity index (χ1n) is 4.32. The topological polar surface area (TPSA) is 58.2 Å². The molecule has 2 aliphatic heterocycles. The molecular weight excluding hydrogens is 180 g/mol. The number of carbonyl (C=O) groups is 2. The minimum Gasteiger partial charge on any atom is -0.356 e. The maximum absolute atomic E-state index is 10.1. The molecule has 2 rings (SSSR count). The number of amides is 2. The van der Waals surface area contributed by atoms with E-state index >= 15 is 0 Å². The van der Waals surface area contributed by atoms with Gasteiger partial charge in [-0.2, -0.15) is 0 Å². The van der Waals surface area contributed by atoms with Crippen molar-refractivity contribution < 1.29 is 9.59 Å². The van der Waals surface area contributed by atoms with Gasteiger partial charge in [0.25, 0.3) is 0 Å². The molecule has 4 nitrogen and oxygen atoms in total. The maximum atomic E-state index is 10.1. The molecule has 2 fully saturated rings. The molecule has 2 N–H and O–H groups in total. The Kier molecular flexibility index (Phi) is 6.98. The van der Waals surface area contributed by atoms with Crippen molar-refractivity contribution in [3.05, 3.63) is 0 Å². The van der Waals surface area contributed by atoms with Crippen molar-refractivity contribution in [2.75, 3.05) is 13.1 Å². The molecule has 5 heteroatoms. The minimum absolute atomic E-state index is 0. The maximum Gasteiger partial charge on any atom is 0.220 e. The molecule has 0 aromatic heterocycles. The third-order valence-electron chi connectivity index (χ3n) is 1.81. The molecule has 2 aliphatic rings. The van der Waals surface area contributed by atoms with Crippen molar-refractivity contribution in [1.29, 1.82) is 0 Å². The third kappa shape index (κ3) is 5.87. The van der Waals surface area contributed by atoms with Gasteiger partial charge in [0.05, 0.1) is 0 Å². The van der Waals surface area contributed by atoms with E-state index in [9.17, 15) is 9.59 Å². The molecule has 70 valence electrons. The second-order valence-corrected chi connectivity index (χ2v) is 2.91. The summed E-state index contributed by atoms with van der Waals surface area (Å²) in [6.45, 7) is 1.78. The SMILES string of the molecule is O=C1CCCN1.O=C1CCCN1.[Mg]. The molecule has 13 heavy (non-hydrogen) atoms. The zero-order chi connectivity index (χ0) is 8.81. The molecule has 0 aromatic carbocycles. The van der Waals surface area contributed by atoms with Gasteiger partial charge in [-0.1, -0.05) is 0 Å². The van der Waals surface area contributed by atoms with Crippen molar-refractivity contribution in [2.24, 2.45) is 0 Å². The second-order valence-electron chi connectivity index (χ2n) is 2.91. The number of hydrogen-bond acceptors (Lipinski definition) is 2. The van der Waals surface area contributed by atoms with Crippen LogP contribution >= 0.6 is 0 Å². The van der Waals surface area contributed by atoms with Gasteiger partial charge in [0.15, 0.2) is 0 Å². The van der Waals surface area contributed by atoms with Gasteiger partial charge in [0.1, 0.15) is 0 Å². The fraction of sp³-hybridized carbons (Fsp3) is 0.750. The summed E-state index contributed by atoms with van der Waals surface area (Å²) in [6.07, 6.45) is 3.53. The molecule has 0 unspecified atom stereocenters. The normalized spacial score (nSPS) is 19.4. The molecular formula is C8H14MgN2O2. The molecule has 2 amide bonds. The number of carbonyl (C=O) groups excluding carboxylic acids is 2. The first-order chi connectivity index (χ1) is 5.79. The minimum atomic E-state index is 0. The predicted molar refractivity (Wildman–Crippen MR) is 50.2 cm³/mol. The van der Waals surface area contributed by atoms with Gasteiger partial charge in [-0.3, -0.25) is 9.59 Å². The van der Waals surface area contributed by atoms with Crippen molar-refractivity contribution in [2.45, 2.75) is 25.7 Å². The molecule has 0 bridgehead atoms. The summed E-state index contributed by atoms with van der Waals surface area (Å²) in [7, 11) is 0. The fourth-order valence-corrected chi connectivity index (χ4v) is 1.13. The smallest absolute Gasteiger partial charge is 0.220 e. The van der Waals surface area contributed by atoms with E-state index in [4.69, 9.17) is 0 Å². The molecule has 2 radical (unpaired) electrons. The van der Waals surface area contributed by atoms with Gasteiger partial charge in [-0.25, -0.2) is 0 Å². The van der Waals surface area contributed by atoms with Gasteiger partial charge in [0.2, 0.25) is 11.8 Å². The molecule has 2 heterocycles. The van der Waals surface area contributed by atoms with Crippen molar-refractivity contribution in [3.8, 4) is 0 Å². The Morgan fingerprint density at radius 3 is 1.31 bits per heavy atom. The van der Waals surface area contributed by atoms with Gasteiger partial charge in [-0.15, -0.1) is 0 Å². The highest BCUT2D eigenvalue weighted by Crippen LogP contribution is 1.93.